The van der Waals surface area contributed by atoms with Gasteiger partial charge in [-0.25, -0.2) is 4.98 Å². The molecule has 0 aliphatic rings. The van der Waals surface area contributed by atoms with Crippen molar-refractivity contribution in [2.75, 3.05) is 6.61 Å². The van der Waals surface area contributed by atoms with E-state index in [1.165, 1.54) is 0 Å². The average molecular weight is 259 g/mol. The Kier molecular flexibility index (Phi) is 4.35. The molecule has 1 aromatic heterocycles. The predicted octanol–water partition coefficient (Wildman–Crippen LogP) is 1.90. The van der Waals surface area contributed by atoms with Crippen molar-refractivity contribution in [1.29, 1.82) is 0 Å². The Bertz CT molecular complexity index is 509. The molecule has 19 heavy (non-hydrogen) atoms. The maximum absolute atomic E-state index is 9.71. The lowest BCUT2D eigenvalue weighted by atomic mass is 9.93. The summed E-state index contributed by atoms with van der Waals surface area (Å²) < 4.78 is 2.09. The summed E-state index contributed by atoms with van der Waals surface area (Å²) in [5.74, 6) is 0. The molecule has 4 heteroatoms. The predicted molar refractivity (Wildman–Crippen MR) is 75.6 cm³/mol. The minimum atomic E-state index is -0.440. The summed E-state index contributed by atoms with van der Waals surface area (Å²) in [5, 5.41) is 13.1. The monoisotopic (exact) mass is 259 g/mol. The number of nitrogens with one attached hydrogen (secondary N) is 1. The zero-order chi connectivity index (χ0) is 13.7. The Morgan fingerprint density at radius 1 is 1.32 bits per heavy atom. The van der Waals surface area contributed by atoms with Gasteiger partial charge in [-0.1, -0.05) is 30.3 Å². The number of hydrogen-bond donors (Lipinski definition) is 2. The van der Waals surface area contributed by atoms with E-state index in [1.54, 1.807) is 0 Å². The van der Waals surface area contributed by atoms with Gasteiger partial charge in [0.1, 0.15) is 0 Å². The molecule has 102 valence electrons. The van der Waals surface area contributed by atoms with Crippen LogP contribution in [0.2, 0.25) is 0 Å². The lowest BCUT2D eigenvalue weighted by Crippen LogP contribution is -2.42. The minimum absolute atomic E-state index is 0.0529. The van der Waals surface area contributed by atoms with E-state index in [0.29, 0.717) is 6.54 Å². The van der Waals surface area contributed by atoms with Gasteiger partial charge in [-0.15, -0.1) is 0 Å². The summed E-state index contributed by atoms with van der Waals surface area (Å²) >= 11 is 0. The van der Waals surface area contributed by atoms with Gasteiger partial charge >= 0.3 is 0 Å². The van der Waals surface area contributed by atoms with Crippen molar-refractivity contribution in [3.63, 3.8) is 0 Å². The maximum atomic E-state index is 9.71. The first-order valence-electron chi connectivity index (χ1n) is 6.60. The van der Waals surface area contributed by atoms with Crippen molar-refractivity contribution in [3.05, 3.63) is 54.1 Å². The molecular formula is C15H21N3O. The molecule has 2 aromatic rings. The number of aromatic nitrogens is 2. The zero-order valence-corrected chi connectivity index (χ0v) is 11.5. The summed E-state index contributed by atoms with van der Waals surface area (Å²) in [6.45, 7) is 5.73. The quantitative estimate of drug-likeness (QED) is 0.833. The van der Waals surface area contributed by atoms with Gasteiger partial charge in [0.05, 0.1) is 24.2 Å². The summed E-state index contributed by atoms with van der Waals surface area (Å²) in [6, 6.07) is 10.0. The number of hydrogen-bond acceptors (Lipinski definition) is 3. The van der Waals surface area contributed by atoms with Crippen LogP contribution in [0.3, 0.4) is 0 Å². The van der Waals surface area contributed by atoms with E-state index >= 15 is 0 Å². The standard InChI is InChI=1S/C15H21N3O/c1-3-18-12-16-9-14(18)10-17-15(2,11-19)13-7-5-4-6-8-13/h4-9,12,17,19H,3,10-11H2,1-2H3. The number of aliphatic hydroxyl groups excluding tert-OH is 1. The SMILES string of the molecule is CCn1cncc1CNC(C)(CO)c1ccccc1. The van der Waals surface area contributed by atoms with Crippen LogP contribution in [-0.4, -0.2) is 21.3 Å². The van der Waals surface area contributed by atoms with Crippen molar-refractivity contribution in [3.8, 4) is 0 Å². The number of rotatable bonds is 6. The van der Waals surface area contributed by atoms with E-state index in [2.05, 4.69) is 21.8 Å². The molecule has 2 N–H and O–H groups in total. The highest BCUT2D eigenvalue weighted by Gasteiger charge is 2.25. The highest BCUT2D eigenvalue weighted by molar-refractivity contribution is 5.23. The van der Waals surface area contributed by atoms with Gasteiger partial charge in [0, 0.05) is 19.3 Å². The first kappa shape index (κ1) is 13.8. The summed E-state index contributed by atoms with van der Waals surface area (Å²) in [6.07, 6.45) is 3.69. The molecule has 2 rings (SSSR count). The highest BCUT2D eigenvalue weighted by atomic mass is 16.3. The Labute approximate surface area is 114 Å². The van der Waals surface area contributed by atoms with E-state index in [1.807, 2.05) is 49.8 Å². The maximum Gasteiger partial charge on any atom is 0.0948 e. The van der Waals surface area contributed by atoms with Crippen LogP contribution in [0.15, 0.2) is 42.9 Å². The molecule has 0 amide bonds. The van der Waals surface area contributed by atoms with Gasteiger partial charge in [-0.05, 0) is 19.4 Å². The van der Waals surface area contributed by atoms with Gasteiger partial charge in [-0.3, -0.25) is 0 Å². The summed E-state index contributed by atoms with van der Waals surface area (Å²) in [4.78, 5) is 4.15. The van der Waals surface area contributed by atoms with Crippen molar-refractivity contribution < 1.29 is 5.11 Å². The van der Waals surface area contributed by atoms with Crippen LogP contribution in [0.1, 0.15) is 25.1 Å². The van der Waals surface area contributed by atoms with Crippen LogP contribution in [0.25, 0.3) is 0 Å². The Balaban J connectivity index is 2.11. The van der Waals surface area contributed by atoms with Crippen LogP contribution >= 0.6 is 0 Å². The third kappa shape index (κ3) is 3.03. The van der Waals surface area contributed by atoms with E-state index in [4.69, 9.17) is 0 Å². The lowest BCUT2D eigenvalue weighted by molar-refractivity contribution is 0.172. The van der Waals surface area contributed by atoms with E-state index in [-0.39, 0.29) is 6.61 Å². The number of aliphatic hydroxyl groups is 1. The van der Waals surface area contributed by atoms with E-state index in [9.17, 15) is 5.11 Å². The summed E-state index contributed by atoms with van der Waals surface area (Å²) in [5.41, 5.74) is 1.77. The third-order valence-corrected chi connectivity index (χ3v) is 3.53. The number of nitrogens with zero attached hydrogens (tertiary/aromatic N) is 2. The van der Waals surface area contributed by atoms with Gasteiger partial charge in [0.15, 0.2) is 0 Å². The second-order valence-electron chi connectivity index (χ2n) is 4.88. The molecule has 0 radical (unpaired) electrons. The Morgan fingerprint density at radius 2 is 2.05 bits per heavy atom. The number of imidazole rings is 1. The fourth-order valence-electron chi connectivity index (χ4n) is 2.12. The molecular weight excluding hydrogens is 238 g/mol. The molecule has 0 aliphatic carbocycles. The molecule has 0 bridgehead atoms. The largest absolute Gasteiger partial charge is 0.394 e. The van der Waals surface area contributed by atoms with Gasteiger partial charge in [0.2, 0.25) is 0 Å². The molecule has 0 spiro atoms. The highest BCUT2D eigenvalue weighted by Crippen LogP contribution is 2.20. The third-order valence-electron chi connectivity index (χ3n) is 3.53. The van der Waals surface area contributed by atoms with Crippen LogP contribution in [0.5, 0.6) is 0 Å². The molecule has 1 atom stereocenters. The molecule has 0 fully saturated rings. The van der Waals surface area contributed by atoms with Crippen molar-refractivity contribution in [1.82, 2.24) is 14.9 Å². The van der Waals surface area contributed by atoms with Gasteiger partial charge in [-0.2, -0.15) is 0 Å². The second-order valence-corrected chi connectivity index (χ2v) is 4.88. The van der Waals surface area contributed by atoms with Crippen molar-refractivity contribution in [2.45, 2.75) is 32.5 Å². The lowest BCUT2D eigenvalue weighted by Gasteiger charge is -2.29. The smallest absolute Gasteiger partial charge is 0.0948 e. The number of aryl methyl sites for hydroxylation is 1. The van der Waals surface area contributed by atoms with Crippen molar-refractivity contribution in [2.24, 2.45) is 0 Å². The fourth-order valence-corrected chi connectivity index (χ4v) is 2.12. The first-order chi connectivity index (χ1) is 9.19. The molecule has 1 aromatic carbocycles. The van der Waals surface area contributed by atoms with Gasteiger partial charge < -0.3 is 15.0 Å². The van der Waals surface area contributed by atoms with Crippen LogP contribution in [0, 0.1) is 0 Å². The number of benzene rings is 1. The first-order valence-corrected chi connectivity index (χ1v) is 6.60. The molecule has 0 saturated heterocycles. The molecule has 4 nitrogen and oxygen atoms in total. The molecule has 0 aliphatic heterocycles. The van der Waals surface area contributed by atoms with Gasteiger partial charge in [0.25, 0.3) is 0 Å². The van der Waals surface area contributed by atoms with E-state index in [0.717, 1.165) is 17.8 Å². The minimum Gasteiger partial charge on any atom is -0.394 e. The summed E-state index contributed by atoms with van der Waals surface area (Å²) in [7, 11) is 0. The fraction of sp³-hybridized carbons (Fsp3) is 0.400. The Morgan fingerprint density at radius 3 is 2.68 bits per heavy atom. The van der Waals surface area contributed by atoms with E-state index < -0.39 is 5.54 Å². The molecule has 1 heterocycles. The second kappa shape index (κ2) is 5.99. The average Bonchev–Trinajstić information content (AvgIpc) is 2.93. The Hall–Kier alpha value is -1.65. The van der Waals surface area contributed by atoms with Crippen molar-refractivity contribution >= 4 is 0 Å². The molecule has 1 unspecified atom stereocenters. The van der Waals surface area contributed by atoms with Crippen LogP contribution in [-0.2, 0) is 18.6 Å². The van der Waals surface area contributed by atoms with Crippen LogP contribution in [0.4, 0.5) is 0 Å². The normalized spacial score (nSPS) is 14.3. The van der Waals surface area contributed by atoms with Crippen LogP contribution < -0.4 is 5.32 Å². The zero-order valence-electron chi connectivity index (χ0n) is 11.5. The molecule has 0 saturated carbocycles. The topological polar surface area (TPSA) is 50.1 Å².